The third kappa shape index (κ3) is 14.4. The number of fused-ring (bicyclic) bond motifs is 2. The summed E-state index contributed by atoms with van der Waals surface area (Å²) in [6.45, 7) is 4.12. The maximum Gasteiger partial charge on any atom is 0.407 e. The van der Waals surface area contributed by atoms with Gasteiger partial charge in [-0.25, -0.2) is 4.79 Å². The summed E-state index contributed by atoms with van der Waals surface area (Å²) in [7, 11) is 0. The molecule has 2 aliphatic rings. The van der Waals surface area contributed by atoms with Gasteiger partial charge in [0.1, 0.15) is 6.10 Å². The number of alkyl carbamates (subject to hydrolysis) is 1. The Morgan fingerprint density at radius 2 is 1.35 bits per heavy atom. The lowest BCUT2D eigenvalue weighted by Gasteiger charge is -2.26. The standard InChI is InChI=1S/C38H49N3O8/c42-36(39-20-18-37(43)41-30-33-12-7-6-10-31(33)16-17-32-11-8-9-15-35(32)41)19-22-45-24-26-47-28-29-48-27-25-46-23-21-40-38(44)49-34-13-4-2-1-3-5-14-34/h1-2,6-12,15,34H,3-5,13-14,18-30H2,(H,39,42)(H,40,44)/b2-1+. The summed E-state index contributed by atoms with van der Waals surface area (Å²) in [5.41, 5.74) is 3.46. The summed E-state index contributed by atoms with van der Waals surface area (Å²) >= 11 is 0. The van der Waals surface area contributed by atoms with Crippen LogP contribution < -0.4 is 15.5 Å². The highest BCUT2D eigenvalue weighted by Crippen LogP contribution is 2.26. The number of nitrogens with one attached hydrogen (secondary N) is 2. The predicted octanol–water partition coefficient (Wildman–Crippen LogP) is 4.51. The van der Waals surface area contributed by atoms with Crippen LogP contribution in [0.1, 0.15) is 61.6 Å². The van der Waals surface area contributed by atoms with Crippen LogP contribution in [0.25, 0.3) is 0 Å². The van der Waals surface area contributed by atoms with E-state index in [9.17, 15) is 14.4 Å². The highest BCUT2D eigenvalue weighted by molar-refractivity contribution is 5.95. The largest absolute Gasteiger partial charge is 0.446 e. The minimum atomic E-state index is -0.392. The molecule has 3 amide bonds. The van der Waals surface area contributed by atoms with Gasteiger partial charge in [-0.3, -0.25) is 9.59 Å². The van der Waals surface area contributed by atoms with Crippen molar-refractivity contribution in [1.82, 2.24) is 10.6 Å². The molecule has 1 atom stereocenters. The van der Waals surface area contributed by atoms with Crippen LogP contribution >= 0.6 is 0 Å². The zero-order valence-corrected chi connectivity index (χ0v) is 28.3. The zero-order valence-electron chi connectivity index (χ0n) is 28.3. The zero-order chi connectivity index (χ0) is 34.4. The van der Waals surface area contributed by atoms with E-state index in [4.69, 9.17) is 23.7 Å². The maximum atomic E-state index is 13.3. The van der Waals surface area contributed by atoms with Crippen LogP contribution in [0.2, 0.25) is 0 Å². The molecule has 0 aromatic heterocycles. The number of carbonyl (C=O) groups excluding carboxylic acids is 3. The Labute approximate surface area is 289 Å². The number of benzene rings is 2. The Kier molecular flexibility index (Phi) is 17.2. The smallest absolute Gasteiger partial charge is 0.407 e. The Hall–Kier alpha value is -4.21. The van der Waals surface area contributed by atoms with Gasteiger partial charge in [-0.05, 0) is 55.9 Å². The molecule has 0 saturated carbocycles. The van der Waals surface area contributed by atoms with Gasteiger partial charge in [0.15, 0.2) is 0 Å². The summed E-state index contributed by atoms with van der Waals surface area (Å²) in [5.74, 6) is 6.15. The number of amides is 3. The molecule has 0 fully saturated rings. The molecule has 1 aliphatic heterocycles. The van der Waals surface area contributed by atoms with Crippen molar-refractivity contribution in [2.45, 2.75) is 57.6 Å². The number of allylic oxidation sites excluding steroid dienone is 2. The summed E-state index contributed by atoms with van der Waals surface area (Å²) in [5, 5.41) is 5.54. The first kappa shape index (κ1) is 37.6. The number of rotatable bonds is 19. The molecule has 1 heterocycles. The van der Waals surface area contributed by atoms with Crippen molar-refractivity contribution in [3.8, 4) is 11.8 Å². The minimum absolute atomic E-state index is 0.0227. The molecular weight excluding hydrogens is 626 g/mol. The number of carbonyl (C=O) groups is 3. The number of para-hydroxylation sites is 1. The van der Waals surface area contributed by atoms with Crippen LogP contribution in [0.5, 0.6) is 0 Å². The molecule has 1 unspecified atom stereocenters. The van der Waals surface area contributed by atoms with Gasteiger partial charge >= 0.3 is 6.09 Å². The maximum absolute atomic E-state index is 13.3. The highest BCUT2D eigenvalue weighted by Gasteiger charge is 2.21. The number of ether oxygens (including phenoxy) is 5. The summed E-state index contributed by atoms with van der Waals surface area (Å²) in [4.78, 5) is 39.2. The number of nitrogens with zero attached hydrogens (tertiary/aromatic N) is 1. The molecule has 11 nitrogen and oxygen atoms in total. The van der Waals surface area contributed by atoms with Gasteiger partial charge in [0.2, 0.25) is 11.8 Å². The Morgan fingerprint density at radius 1 is 0.694 bits per heavy atom. The van der Waals surface area contributed by atoms with Gasteiger partial charge in [0.25, 0.3) is 0 Å². The fourth-order valence-electron chi connectivity index (χ4n) is 5.33. The van der Waals surface area contributed by atoms with E-state index >= 15 is 0 Å². The van der Waals surface area contributed by atoms with Crippen molar-refractivity contribution < 1.29 is 38.1 Å². The second kappa shape index (κ2) is 22.4. The van der Waals surface area contributed by atoms with Crippen LogP contribution in [0.4, 0.5) is 10.5 Å². The SMILES string of the molecule is O=C(CCOCCOCCOCCOCCNC(=O)OC1CC/C=C/CCC1)NCCC(=O)N1Cc2ccccc2C#Cc2ccccc21. The van der Waals surface area contributed by atoms with Gasteiger partial charge in [-0.1, -0.05) is 54.3 Å². The van der Waals surface area contributed by atoms with Gasteiger partial charge in [0, 0.05) is 37.1 Å². The molecule has 0 spiro atoms. The van der Waals surface area contributed by atoms with Crippen LogP contribution in [-0.4, -0.2) is 90.0 Å². The van der Waals surface area contributed by atoms with E-state index in [2.05, 4.69) is 34.6 Å². The number of hydrogen-bond acceptors (Lipinski definition) is 8. The Balaban J connectivity index is 0.945. The van der Waals surface area contributed by atoms with E-state index in [1.54, 1.807) is 4.90 Å². The monoisotopic (exact) mass is 675 g/mol. The van der Waals surface area contributed by atoms with Gasteiger partial charge in [0.05, 0.1) is 65.1 Å². The van der Waals surface area contributed by atoms with E-state index in [0.29, 0.717) is 59.3 Å². The van der Waals surface area contributed by atoms with Crippen molar-refractivity contribution in [2.24, 2.45) is 0 Å². The first-order valence-electron chi connectivity index (χ1n) is 17.3. The molecular formula is C38H49N3O8. The summed E-state index contributed by atoms with van der Waals surface area (Å²) < 4.78 is 27.5. The van der Waals surface area contributed by atoms with Crippen molar-refractivity contribution in [3.05, 3.63) is 77.4 Å². The molecule has 49 heavy (non-hydrogen) atoms. The molecule has 2 N–H and O–H groups in total. The molecule has 4 rings (SSSR count). The van der Waals surface area contributed by atoms with Gasteiger partial charge in [-0.15, -0.1) is 0 Å². The lowest BCUT2D eigenvalue weighted by atomic mass is 10.0. The lowest BCUT2D eigenvalue weighted by Crippen LogP contribution is -2.35. The molecule has 2 aromatic carbocycles. The Bertz CT molecular complexity index is 1420. The van der Waals surface area contributed by atoms with Crippen LogP contribution in [0, 0.1) is 11.8 Å². The molecule has 0 radical (unpaired) electrons. The third-order valence-electron chi connectivity index (χ3n) is 7.93. The second-order valence-corrected chi connectivity index (χ2v) is 11.6. The predicted molar refractivity (Wildman–Crippen MR) is 186 cm³/mol. The summed E-state index contributed by atoms with van der Waals surface area (Å²) in [6, 6.07) is 15.5. The van der Waals surface area contributed by atoms with Crippen LogP contribution in [-0.2, 0) is 39.8 Å². The van der Waals surface area contributed by atoms with Crippen molar-refractivity contribution in [2.75, 3.05) is 70.8 Å². The first-order valence-corrected chi connectivity index (χ1v) is 17.3. The number of hydrogen-bond donors (Lipinski definition) is 2. The van der Waals surface area contributed by atoms with E-state index in [1.807, 2.05) is 48.5 Å². The third-order valence-corrected chi connectivity index (χ3v) is 7.93. The average Bonchev–Trinajstić information content (AvgIpc) is 3.08. The van der Waals surface area contributed by atoms with Gasteiger partial charge < -0.3 is 39.2 Å². The fourth-order valence-corrected chi connectivity index (χ4v) is 5.33. The molecule has 0 bridgehead atoms. The van der Waals surface area contributed by atoms with Gasteiger partial charge in [-0.2, -0.15) is 0 Å². The van der Waals surface area contributed by atoms with Crippen LogP contribution in [0.15, 0.2) is 60.7 Å². The molecule has 2 aromatic rings. The van der Waals surface area contributed by atoms with E-state index < -0.39 is 6.09 Å². The number of anilines is 1. The highest BCUT2D eigenvalue weighted by atomic mass is 16.6. The molecule has 11 heteroatoms. The lowest BCUT2D eigenvalue weighted by molar-refractivity contribution is -0.122. The van der Waals surface area contributed by atoms with E-state index in [-0.39, 0.29) is 43.9 Å². The van der Waals surface area contributed by atoms with Crippen molar-refractivity contribution >= 4 is 23.6 Å². The summed E-state index contributed by atoms with van der Waals surface area (Å²) in [6.07, 6.45) is 9.07. The van der Waals surface area contributed by atoms with Crippen molar-refractivity contribution in [1.29, 1.82) is 0 Å². The first-order chi connectivity index (χ1) is 24.1. The Morgan fingerprint density at radius 3 is 2.14 bits per heavy atom. The molecule has 264 valence electrons. The van der Waals surface area contributed by atoms with Crippen LogP contribution in [0.3, 0.4) is 0 Å². The van der Waals surface area contributed by atoms with Crippen molar-refractivity contribution in [3.63, 3.8) is 0 Å². The van der Waals surface area contributed by atoms with E-state index in [1.165, 1.54) is 0 Å². The topological polar surface area (TPSA) is 125 Å². The quantitative estimate of drug-likeness (QED) is 0.127. The molecule has 0 saturated heterocycles. The normalized spacial score (nSPS) is 15.9. The van der Waals surface area contributed by atoms with E-state index in [0.717, 1.165) is 54.5 Å². The average molecular weight is 676 g/mol. The molecule has 1 aliphatic carbocycles. The minimum Gasteiger partial charge on any atom is -0.446 e. The second-order valence-electron chi connectivity index (χ2n) is 11.6. The fraction of sp³-hybridized carbons (Fsp3) is 0.500.